The quantitative estimate of drug-likeness (QED) is 0.818. The van der Waals surface area contributed by atoms with Crippen molar-refractivity contribution in [3.63, 3.8) is 0 Å². The van der Waals surface area contributed by atoms with Crippen LogP contribution < -0.4 is 0 Å². The molecule has 0 saturated heterocycles. The molecule has 0 fully saturated rings. The van der Waals surface area contributed by atoms with Gasteiger partial charge in [-0.25, -0.2) is 8.42 Å². The maximum atomic E-state index is 11.8. The topological polar surface area (TPSA) is 37.4 Å². The second-order valence-electron chi connectivity index (χ2n) is 3.88. The highest BCUT2D eigenvalue weighted by Crippen LogP contribution is 2.19. The van der Waals surface area contributed by atoms with Gasteiger partial charge in [-0.3, -0.25) is 0 Å². The van der Waals surface area contributed by atoms with E-state index in [1.807, 2.05) is 18.4 Å². The number of hydrogen-bond donors (Lipinski definition) is 0. The van der Waals surface area contributed by atoms with Crippen LogP contribution in [0.3, 0.4) is 0 Å². The summed E-state index contributed by atoms with van der Waals surface area (Å²) in [4.78, 5) is 1.11. The lowest BCUT2D eigenvalue weighted by Crippen LogP contribution is -2.32. The average Bonchev–Trinajstić information content (AvgIpc) is 2.51. The summed E-state index contributed by atoms with van der Waals surface area (Å²) in [6.07, 6.45) is 0. The maximum Gasteiger partial charge on any atom is 0.216 e. The summed E-state index contributed by atoms with van der Waals surface area (Å²) >= 11 is 1.60. The standard InChI is InChI=1S/C10H17NO2S2/c1-8(2)15(12,13)11(4)7-10-9(3)5-6-14-10/h5-6,8H,7H2,1-4H3. The zero-order valence-electron chi connectivity index (χ0n) is 9.52. The van der Waals surface area contributed by atoms with Crippen molar-refractivity contribution in [3.8, 4) is 0 Å². The van der Waals surface area contributed by atoms with Crippen molar-refractivity contribution in [2.24, 2.45) is 0 Å². The van der Waals surface area contributed by atoms with Crippen LogP contribution in [0.25, 0.3) is 0 Å². The van der Waals surface area contributed by atoms with E-state index in [0.717, 1.165) is 10.4 Å². The van der Waals surface area contributed by atoms with Crippen LogP contribution in [0.1, 0.15) is 24.3 Å². The Morgan fingerprint density at radius 2 is 2.07 bits per heavy atom. The van der Waals surface area contributed by atoms with E-state index in [2.05, 4.69) is 0 Å². The van der Waals surface area contributed by atoms with Crippen LogP contribution in [0, 0.1) is 6.92 Å². The van der Waals surface area contributed by atoms with Gasteiger partial charge in [0.05, 0.1) is 5.25 Å². The normalized spacial score (nSPS) is 12.7. The summed E-state index contributed by atoms with van der Waals surface area (Å²) in [6, 6.07) is 2.01. The molecule has 1 aromatic rings. The SMILES string of the molecule is Cc1ccsc1CN(C)S(=O)(=O)C(C)C. The maximum absolute atomic E-state index is 11.8. The fourth-order valence-electron chi connectivity index (χ4n) is 1.22. The predicted molar refractivity (Wildman–Crippen MR) is 64.6 cm³/mol. The molecule has 0 atom stereocenters. The van der Waals surface area contributed by atoms with Gasteiger partial charge in [0.15, 0.2) is 0 Å². The van der Waals surface area contributed by atoms with E-state index in [-0.39, 0.29) is 5.25 Å². The summed E-state index contributed by atoms with van der Waals surface area (Å²) < 4.78 is 25.0. The van der Waals surface area contributed by atoms with Gasteiger partial charge in [-0.1, -0.05) is 0 Å². The first-order chi connectivity index (χ1) is 6.85. The lowest BCUT2D eigenvalue weighted by Gasteiger charge is -2.19. The van der Waals surface area contributed by atoms with Crippen molar-refractivity contribution in [1.82, 2.24) is 4.31 Å². The Kier molecular flexibility index (Phi) is 3.92. The fraction of sp³-hybridized carbons (Fsp3) is 0.600. The first-order valence-electron chi connectivity index (χ1n) is 4.84. The summed E-state index contributed by atoms with van der Waals surface area (Å²) in [5.74, 6) is 0. The molecule has 15 heavy (non-hydrogen) atoms. The minimum Gasteiger partial charge on any atom is -0.212 e. The minimum atomic E-state index is -3.13. The monoisotopic (exact) mass is 247 g/mol. The molecule has 0 aromatic carbocycles. The van der Waals surface area contributed by atoms with E-state index in [9.17, 15) is 8.42 Å². The van der Waals surface area contributed by atoms with Gasteiger partial charge in [0.2, 0.25) is 10.0 Å². The van der Waals surface area contributed by atoms with Crippen LogP contribution in [0.5, 0.6) is 0 Å². The van der Waals surface area contributed by atoms with Crippen LogP contribution >= 0.6 is 11.3 Å². The number of nitrogens with zero attached hydrogens (tertiary/aromatic N) is 1. The first kappa shape index (κ1) is 12.7. The summed E-state index contributed by atoms with van der Waals surface area (Å²) in [5.41, 5.74) is 1.16. The van der Waals surface area contributed by atoms with Crippen LogP contribution in [-0.4, -0.2) is 25.0 Å². The number of aryl methyl sites for hydroxylation is 1. The molecule has 86 valence electrons. The Balaban J connectivity index is 2.81. The third-order valence-electron chi connectivity index (χ3n) is 2.36. The molecule has 0 N–H and O–H groups in total. The zero-order chi connectivity index (χ0) is 11.6. The molecule has 0 saturated carbocycles. The van der Waals surface area contributed by atoms with Crippen LogP contribution in [0.15, 0.2) is 11.4 Å². The van der Waals surface area contributed by atoms with E-state index < -0.39 is 10.0 Å². The molecule has 0 amide bonds. The Morgan fingerprint density at radius 1 is 1.47 bits per heavy atom. The van der Waals surface area contributed by atoms with E-state index in [4.69, 9.17) is 0 Å². The highest BCUT2D eigenvalue weighted by atomic mass is 32.2. The van der Waals surface area contributed by atoms with E-state index in [0.29, 0.717) is 6.54 Å². The Labute approximate surface area is 95.8 Å². The van der Waals surface area contributed by atoms with Gasteiger partial charge in [-0.05, 0) is 37.8 Å². The smallest absolute Gasteiger partial charge is 0.212 e. The predicted octanol–water partition coefficient (Wildman–Crippen LogP) is 2.23. The molecule has 0 spiro atoms. The van der Waals surface area contributed by atoms with Crippen molar-refractivity contribution in [3.05, 3.63) is 21.9 Å². The second-order valence-corrected chi connectivity index (χ2v) is 7.47. The summed E-state index contributed by atoms with van der Waals surface area (Å²) in [6.45, 7) is 5.88. The van der Waals surface area contributed by atoms with Gasteiger partial charge in [-0.15, -0.1) is 11.3 Å². The van der Waals surface area contributed by atoms with Crippen molar-refractivity contribution < 1.29 is 8.42 Å². The van der Waals surface area contributed by atoms with Crippen LogP contribution in [0.2, 0.25) is 0 Å². The molecule has 3 nitrogen and oxygen atoms in total. The summed E-state index contributed by atoms with van der Waals surface area (Å²) in [7, 11) is -1.50. The molecule has 0 unspecified atom stereocenters. The molecule has 0 aliphatic rings. The van der Waals surface area contributed by atoms with Gasteiger partial charge in [-0.2, -0.15) is 4.31 Å². The van der Waals surface area contributed by atoms with Crippen molar-refractivity contribution in [2.45, 2.75) is 32.6 Å². The molecule has 0 aliphatic carbocycles. The van der Waals surface area contributed by atoms with Crippen LogP contribution in [0.4, 0.5) is 0 Å². The highest BCUT2D eigenvalue weighted by molar-refractivity contribution is 7.89. The van der Waals surface area contributed by atoms with Gasteiger partial charge in [0.25, 0.3) is 0 Å². The molecular weight excluding hydrogens is 230 g/mol. The Morgan fingerprint density at radius 3 is 2.47 bits per heavy atom. The molecule has 1 rings (SSSR count). The van der Waals surface area contributed by atoms with Gasteiger partial charge < -0.3 is 0 Å². The second kappa shape index (κ2) is 4.63. The zero-order valence-corrected chi connectivity index (χ0v) is 11.2. The molecule has 5 heteroatoms. The molecule has 0 bridgehead atoms. The Hall–Kier alpha value is -0.390. The fourth-order valence-corrected chi connectivity index (χ4v) is 3.29. The largest absolute Gasteiger partial charge is 0.216 e. The third-order valence-corrected chi connectivity index (χ3v) is 5.56. The molecular formula is C10H17NO2S2. The molecule has 0 radical (unpaired) electrons. The molecule has 0 aliphatic heterocycles. The Bertz CT molecular complexity index is 420. The van der Waals surface area contributed by atoms with Crippen molar-refractivity contribution in [1.29, 1.82) is 0 Å². The van der Waals surface area contributed by atoms with Gasteiger partial charge >= 0.3 is 0 Å². The highest BCUT2D eigenvalue weighted by Gasteiger charge is 2.22. The number of sulfonamides is 1. The third kappa shape index (κ3) is 2.80. The number of hydrogen-bond acceptors (Lipinski definition) is 3. The summed E-state index contributed by atoms with van der Waals surface area (Å²) in [5, 5.41) is 1.63. The minimum absolute atomic E-state index is 0.359. The van der Waals surface area contributed by atoms with Crippen LogP contribution in [-0.2, 0) is 16.6 Å². The first-order valence-corrected chi connectivity index (χ1v) is 7.22. The van der Waals surface area contributed by atoms with Gasteiger partial charge in [0.1, 0.15) is 0 Å². The molecule has 1 heterocycles. The van der Waals surface area contributed by atoms with E-state index in [1.54, 1.807) is 32.2 Å². The van der Waals surface area contributed by atoms with E-state index >= 15 is 0 Å². The van der Waals surface area contributed by atoms with Gasteiger partial charge in [0, 0.05) is 18.5 Å². The number of rotatable bonds is 4. The lowest BCUT2D eigenvalue weighted by atomic mass is 10.3. The number of thiophene rings is 1. The van der Waals surface area contributed by atoms with E-state index in [1.165, 1.54) is 4.31 Å². The van der Waals surface area contributed by atoms with Crippen molar-refractivity contribution >= 4 is 21.4 Å². The van der Waals surface area contributed by atoms with Crippen molar-refractivity contribution in [2.75, 3.05) is 7.05 Å². The average molecular weight is 247 g/mol. The molecule has 1 aromatic heterocycles. The lowest BCUT2D eigenvalue weighted by molar-refractivity contribution is 0.462.